The second kappa shape index (κ2) is 11.3. The van der Waals surface area contributed by atoms with E-state index in [0.29, 0.717) is 23.8 Å². The summed E-state index contributed by atoms with van der Waals surface area (Å²) in [6.45, 7) is 5.76. The summed E-state index contributed by atoms with van der Waals surface area (Å²) in [4.78, 5) is 23.4. The standard InChI is InChI=1S/C21H25N3O5/c1-4-27-19-8-6-5-7-18(19)23-21(26)24-22-13-16-9-11-17(12-10-16)28-14-20(25)29-15(2)3/h5-13,15H,4,14H2,1-3H3,(H2,23,24,26)/b22-13+. The molecule has 0 spiro atoms. The van der Waals surface area contributed by atoms with Crippen LogP contribution in [0.5, 0.6) is 11.5 Å². The van der Waals surface area contributed by atoms with Crippen molar-refractivity contribution in [3.05, 3.63) is 54.1 Å². The molecule has 8 nitrogen and oxygen atoms in total. The smallest absolute Gasteiger partial charge is 0.344 e. The number of hydrogen-bond acceptors (Lipinski definition) is 6. The molecule has 2 rings (SSSR count). The lowest BCUT2D eigenvalue weighted by molar-refractivity contribution is -0.149. The zero-order chi connectivity index (χ0) is 21.1. The number of carbonyl (C=O) groups is 2. The third-order valence-corrected chi connectivity index (χ3v) is 3.42. The van der Waals surface area contributed by atoms with Gasteiger partial charge in [-0.15, -0.1) is 0 Å². The van der Waals surface area contributed by atoms with E-state index >= 15 is 0 Å². The second-order valence-corrected chi connectivity index (χ2v) is 6.15. The molecule has 0 saturated carbocycles. The van der Waals surface area contributed by atoms with E-state index in [1.54, 1.807) is 56.3 Å². The van der Waals surface area contributed by atoms with E-state index in [1.165, 1.54) is 6.21 Å². The number of urea groups is 1. The Bertz CT molecular complexity index is 834. The van der Waals surface area contributed by atoms with Crippen molar-refractivity contribution in [2.75, 3.05) is 18.5 Å². The molecule has 0 atom stereocenters. The quantitative estimate of drug-likeness (QED) is 0.382. The van der Waals surface area contributed by atoms with Crippen LogP contribution in [-0.4, -0.2) is 37.5 Å². The van der Waals surface area contributed by atoms with E-state index in [2.05, 4.69) is 15.8 Å². The van der Waals surface area contributed by atoms with Crippen LogP contribution in [0, 0.1) is 0 Å². The van der Waals surface area contributed by atoms with Crippen molar-refractivity contribution in [1.82, 2.24) is 5.43 Å². The molecule has 0 radical (unpaired) electrons. The summed E-state index contributed by atoms with van der Waals surface area (Å²) in [5.41, 5.74) is 3.70. The number of carbonyl (C=O) groups excluding carboxylic acids is 2. The summed E-state index contributed by atoms with van der Waals surface area (Å²) >= 11 is 0. The number of anilines is 1. The fraction of sp³-hybridized carbons (Fsp3) is 0.286. The summed E-state index contributed by atoms with van der Waals surface area (Å²) in [5, 5.41) is 6.59. The topological polar surface area (TPSA) is 98.3 Å². The fourth-order valence-electron chi connectivity index (χ4n) is 2.26. The molecular formula is C21H25N3O5. The molecule has 154 valence electrons. The summed E-state index contributed by atoms with van der Waals surface area (Å²) in [6.07, 6.45) is 1.31. The monoisotopic (exact) mass is 399 g/mol. The highest BCUT2D eigenvalue weighted by atomic mass is 16.6. The molecule has 0 aliphatic rings. The van der Waals surface area contributed by atoms with Crippen molar-refractivity contribution in [3.8, 4) is 11.5 Å². The highest BCUT2D eigenvalue weighted by molar-refractivity contribution is 5.91. The number of hydrogen-bond donors (Lipinski definition) is 2. The molecule has 0 heterocycles. The number of nitrogens with zero attached hydrogens (tertiary/aromatic N) is 1. The van der Waals surface area contributed by atoms with Gasteiger partial charge in [0.05, 0.1) is 24.6 Å². The van der Waals surface area contributed by atoms with Gasteiger partial charge in [0.2, 0.25) is 0 Å². The lowest BCUT2D eigenvalue weighted by Gasteiger charge is -2.10. The molecule has 0 aromatic heterocycles. The van der Waals surface area contributed by atoms with Crippen molar-refractivity contribution in [2.24, 2.45) is 5.10 Å². The van der Waals surface area contributed by atoms with Gasteiger partial charge in [-0.3, -0.25) is 0 Å². The van der Waals surface area contributed by atoms with Gasteiger partial charge in [0.15, 0.2) is 6.61 Å². The number of amides is 2. The molecule has 0 aliphatic carbocycles. The Morgan fingerprint density at radius 2 is 1.79 bits per heavy atom. The summed E-state index contributed by atoms with van der Waals surface area (Å²) < 4.78 is 15.8. The second-order valence-electron chi connectivity index (χ2n) is 6.15. The van der Waals surface area contributed by atoms with E-state index in [1.807, 2.05) is 13.0 Å². The maximum atomic E-state index is 12.0. The predicted octanol–water partition coefficient (Wildman–Crippen LogP) is 3.57. The molecule has 0 aliphatic heterocycles. The number of nitrogens with one attached hydrogen (secondary N) is 2. The number of benzene rings is 2. The lowest BCUT2D eigenvalue weighted by atomic mass is 10.2. The molecule has 2 amide bonds. The molecule has 29 heavy (non-hydrogen) atoms. The van der Waals surface area contributed by atoms with Gasteiger partial charge in [-0.25, -0.2) is 15.0 Å². The lowest BCUT2D eigenvalue weighted by Crippen LogP contribution is -2.24. The molecule has 0 bridgehead atoms. The van der Waals surface area contributed by atoms with Crippen LogP contribution >= 0.6 is 0 Å². The number of esters is 1. The maximum Gasteiger partial charge on any atom is 0.344 e. The summed E-state index contributed by atoms with van der Waals surface area (Å²) in [5.74, 6) is 0.690. The first kappa shape index (κ1) is 21.7. The number of hydrazone groups is 1. The van der Waals surface area contributed by atoms with E-state index < -0.39 is 12.0 Å². The van der Waals surface area contributed by atoms with E-state index in [4.69, 9.17) is 14.2 Å². The minimum absolute atomic E-state index is 0.156. The predicted molar refractivity (Wildman–Crippen MR) is 111 cm³/mol. The Labute approximate surface area is 169 Å². The molecule has 0 saturated heterocycles. The van der Waals surface area contributed by atoms with Crippen LogP contribution in [0.4, 0.5) is 10.5 Å². The first-order chi connectivity index (χ1) is 14.0. The summed E-state index contributed by atoms with van der Waals surface area (Å²) in [7, 11) is 0. The molecule has 0 fully saturated rings. The van der Waals surface area contributed by atoms with Gasteiger partial charge in [0, 0.05) is 0 Å². The van der Waals surface area contributed by atoms with Gasteiger partial charge in [0.25, 0.3) is 0 Å². The van der Waals surface area contributed by atoms with Crippen LogP contribution < -0.4 is 20.2 Å². The number of ether oxygens (including phenoxy) is 3. The van der Waals surface area contributed by atoms with Crippen molar-refractivity contribution in [3.63, 3.8) is 0 Å². The van der Waals surface area contributed by atoms with E-state index in [0.717, 1.165) is 5.56 Å². The van der Waals surface area contributed by atoms with Gasteiger partial charge in [-0.05, 0) is 62.7 Å². The molecule has 2 aromatic rings. The zero-order valence-corrected chi connectivity index (χ0v) is 16.7. The average molecular weight is 399 g/mol. The van der Waals surface area contributed by atoms with Crippen LogP contribution in [0.25, 0.3) is 0 Å². The van der Waals surface area contributed by atoms with Crippen molar-refractivity contribution in [1.29, 1.82) is 0 Å². The Kier molecular flexibility index (Phi) is 8.50. The molecule has 0 unspecified atom stereocenters. The third-order valence-electron chi connectivity index (χ3n) is 3.42. The van der Waals surface area contributed by atoms with E-state index in [-0.39, 0.29) is 12.7 Å². The van der Waals surface area contributed by atoms with Gasteiger partial charge in [-0.1, -0.05) is 12.1 Å². The Morgan fingerprint density at radius 1 is 1.07 bits per heavy atom. The Hall–Kier alpha value is -3.55. The first-order valence-corrected chi connectivity index (χ1v) is 9.22. The van der Waals surface area contributed by atoms with Crippen molar-refractivity contribution in [2.45, 2.75) is 26.9 Å². The Balaban J connectivity index is 1.81. The largest absolute Gasteiger partial charge is 0.492 e. The first-order valence-electron chi connectivity index (χ1n) is 9.22. The highest BCUT2D eigenvalue weighted by Gasteiger charge is 2.07. The molecule has 2 N–H and O–H groups in total. The molecule has 8 heteroatoms. The number of rotatable bonds is 9. The zero-order valence-electron chi connectivity index (χ0n) is 16.7. The summed E-state index contributed by atoms with van der Waals surface area (Å²) in [6, 6.07) is 13.5. The fourth-order valence-corrected chi connectivity index (χ4v) is 2.26. The maximum absolute atomic E-state index is 12.0. The van der Waals surface area contributed by atoms with Crippen LogP contribution in [0.2, 0.25) is 0 Å². The van der Waals surface area contributed by atoms with Crippen molar-refractivity contribution >= 4 is 23.9 Å². The average Bonchev–Trinajstić information content (AvgIpc) is 2.68. The van der Waals surface area contributed by atoms with Crippen molar-refractivity contribution < 1.29 is 23.8 Å². The van der Waals surface area contributed by atoms with Crippen LogP contribution in [-0.2, 0) is 9.53 Å². The Morgan fingerprint density at radius 3 is 2.48 bits per heavy atom. The normalized spacial score (nSPS) is 10.6. The minimum Gasteiger partial charge on any atom is -0.492 e. The SMILES string of the molecule is CCOc1ccccc1NC(=O)N/N=C/c1ccc(OCC(=O)OC(C)C)cc1. The molecule has 2 aromatic carbocycles. The third kappa shape index (κ3) is 7.92. The van der Waals surface area contributed by atoms with E-state index in [9.17, 15) is 9.59 Å². The minimum atomic E-state index is -0.489. The highest BCUT2D eigenvalue weighted by Crippen LogP contribution is 2.23. The van der Waals surface area contributed by atoms with Gasteiger partial charge < -0.3 is 19.5 Å². The van der Waals surface area contributed by atoms with Gasteiger partial charge >= 0.3 is 12.0 Å². The number of para-hydroxylation sites is 2. The van der Waals surface area contributed by atoms with Gasteiger partial charge in [-0.2, -0.15) is 5.10 Å². The molecular weight excluding hydrogens is 374 g/mol. The van der Waals surface area contributed by atoms with Gasteiger partial charge in [0.1, 0.15) is 11.5 Å². The van der Waals surface area contributed by atoms with Crippen LogP contribution in [0.1, 0.15) is 26.3 Å². The van der Waals surface area contributed by atoms with Crippen LogP contribution in [0.3, 0.4) is 0 Å². The van der Waals surface area contributed by atoms with Crippen LogP contribution in [0.15, 0.2) is 53.6 Å².